The first kappa shape index (κ1) is 17.5. The van der Waals surface area contributed by atoms with Gasteiger partial charge in [0.1, 0.15) is 9.84 Å². The number of hydrogen-bond donors (Lipinski definition) is 2. The van der Waals surface area contributed by atoms with Crippen molar-refractivity contribution in [3.8, 4) is 0 Å². The molecule has 0 amide bonds. The molecule has 1 aromatic rings. The summed E-state index contributed by atoms with van der Waals surface area (Å²) in [7, 11) is -2.93. The van der Waals surface area contributed by atoms with E-state index in [1.807, 2.05) is 0 Å². The Kier molecular flexibility index (Phi) is 6.06. The van der Waals surface area contributed by atoms with Gasteiger partial charge in [0.05, 0.1) is 22.4 Å². The van der Waals surface area contributed by atoms with Gasteiger partial charge >= 0.3 is 0 Å². The molecule has 6 nitrogen and oxygen atoms in total. The van der Waals surface area contributed by atoms with Crippen molar-refractivity contribution in [1.82, 2.24) is 15.0 Å². The van der Waals surface area contributed by atoms with Crippen molar-refractivity contribution < 1.29 is 8.42 Å². The topological polar surface area (TPSA) is 98.0 Å². The zero-order valence-electron chi connectivity index (χ0n) is 12.5. The molecule has 0 radical (unpaired) electrons. The Bertz CT molecular complexity index is 520. The second kappa shape index (κ2) is 6.93. The van der Waals surface area contributed by atoms with Crippen LogP contribution in [0.25, 0.3) is 0 Å². The number of rotatable bonds is 7. The first-order valence-electron chi connectivity index (χ1n) is 6.70. The van der Waals surface area contributed by atoms with Crippen LogP contribution < -0.4 is 11.3 Å². The lowest BCUT2D eigenvalue weighted by molar-refractivity contribution is 0.489. The van der Waals surface area contributed by atoms with E-state index in [0.29, 0.717) is 12.8 Å². The van der Waals surface area contributed by atoms with E-state index < -0.39 is 9.84 Å². The first-order valence-corrected chi connectivity index (χ1v) is 9.30. The number of nitrogens with zero attached hydrogens (tertiary/aromatic N) is 2. The summed E-state index contributed by atoms with van der Waals surface area (Å²) in [6.07, 6.45) is 1.23. The average molecular weight is 320 g/mol. The highest BCUT2D eigenvalue weighted by molar-refractivity contribution is 7.91. The van der Waals surface area contributed by atoms with Gasteiger partial charge in [-0.25, -0.2) is 8.42 Å². The number of nitrogens with two attached hydrogens (primary N) is 1. The van der Waals surface area contributed by atoms with Crippen LogP contribution in [-0.2, 0) is 15.3 Å². The molecule has 0 saturated heterocycles. The van der Waals surface area contributed by atoms with Crippen molar-refractivity contribution in [1.29, 1.82) is 0 Å². The van der Waals surface area contributed by atoms with Crippen LogP contribution in [0, 0.1) is 0 Å². The maximum atomic E-state index is 11.5. The smallest absolute Gasteiger partial charge is 0.150 e. The number of hydrazine groups is 1. The fourth-order valence-corrected chi connectivity index (χ4v) is 3.74. The normalized spacial score (nSPS) is 14.4. The highest BCUT2D eigenvalue weighted by Crippen LogP contribution is 2.31. The second-order valence-corrected chi connectivity index (χ2v) is 9.09. The third-order valence-corrected chi connectivity index (χ3v) is 5.76. The minimum absolute atomic E-state index is 0.101. The molecule has 0 aliphatic carbocycles. The predicted octanol–water partition coefficient (Wildman–Crippen LogP) is 1.55. The molecule has 1 unspecified atom stereocenters. The molecule has 0 bridgehead atoms. The SMILES string of the molecule is CCS(=O)(=O)CCCC(NN)c1snnc1C(C)(C)C. The van der Waals surface area contributed by atoms with E-state index in [0.717, 1.165) is 10.6 Å². The molecule has 8 heteroatoms. The van der Waals surface area contributed by atoms with Gasteiger partial charge < -0.3 is 0 Å². The minimum atomic E-state index is -2.93. The van der Waals surface area contributed by atoms with Crippen molar-refractivity contribution >= 4 is 21.4 Å². The third kappa shape index (κ3) is 4.76. The van der Waals surface area contributed by atoms with E-state index in [1.165, 1.54) is 11.5 Å². The molecule has 20 heavy (non-hydrogen) atoms. The van der Waals surface area contributed by atoms with Gasteiger partial charge in [-0.2, -0.15) is 0 Å². The van der Waals surface area contributed by atoms with Crippen LogP contribution in [0.5, 0.6) is 0 Å². The molecule has 0 spiro atoms. The number of hydrogen-bond acceptors (Lipinski definition) is 7. The number of sulfone groups is 1. The Labute approximate surface area is 125 Å². The molecule has 1 aromatic heterocycles. The Morgan fingerprint density at radius 1 is 1.40 bits per heavy atom. The van der Waals surface area contributed by atoms with Gasteiger partial charge in [0.15, 0.2) is 0 Å². The predicted molar refractivity (Wildman–Crippen MR) is 82.2 cm³/mol. The van der Waals surface area contributed by atoms with Gasteiger partial charge in [-0.3, -0.25) is 11.3 Å². The lowest BCUT2D eigenvalue weighted by atomic mass is 9.89. The molecular weight excluding hydrogens is 296 g/mol. The van der Waals surface area contributed by atoms with Crippen molar-refractivity contribution in [3.63, 3.8) is 0 Å². The van der Waals surface area contributed by atoms with E-state index >= 15 is 0 Å². The molecule has 1 heterocycles. The molecule has 0 aliphatic heterocycles. The molecule has 0 saturated carbocycles. The van der Waals surface area contributed by atoms with E-state index in [-0.39, 0.29) is 23.0 Å². The molecular formula is C12H24N4O2S2. The molecule has 0 aromatic carbocycles. The summed E-state index contributed by atoms with van der Waals surface area (Å²) in [5, 5.41) is 4.18. The molecule has 116 valence electrons. The maximum Gasteiger partial charge on any atom is 0.150 e. The van der Waals surface area contributed by atoms with Gasteiger partial charge in [0.25, 0.3) is 0 Å². The van der Waals surface area contributed by atoms with Gasteiger partial charge in [0, 0.05) is 11.2 Å². The summed E-state index contributed by atoms with van der Waals surface area (Å²) in [5.41, 5.74) is 3.57. The van der Waals surface area contributed by atoms with Crippen LogP contribution in [0.2, 0.25) is 0 Å². The van der Waals surface area contributed by atoms with Crippen LogP contribution in [0.4, 0.5) is 0 Å². The van der Waals surface area contributed by atoms with E-state index in [9.17, 15) is 8.42 Å². The zero-order chi connectivity index (χ0) is 15.4. The summed E-state index contributed by atoms with van der Waals surface area (Å²) >= 11 is 1.32. The monoisotopic (exact) mass is 320 g/mol. The lowest BCUT2D eigenvalue weighted by Crippen LogP contribution is -2.30. The van der Waals surface area contributed by atoms with Crippen LogP contribution in [0.1, 0.15) is 57.1 Å². The van der Waals surface area contributed by atoms with Crippen LogP contribution in [-0.4, -0.2) is 29.5 Å². The maximum absolute atomic E-state index is 11.5. The van der Waals surface area contributed by atoms with Crippen LogP contribution >= 0.6 is 11.5 Å². The Hall–Kier alpha value is -0.570. The van der Waals surface area contributed by atoms with Gasteiger partial charge in [-0.05, 0) is 24.4 Å². The highest BCUT2D eigenvalue weighted by Gasteiger charge is 2.26. The minimum Gasteiger partial charge on any atom is -0.271 e. The van der Waals surface area contributed by atoms with Gasteiger partial charge in [-0.15, -0.1) is 5.10 Å². The molecule has 1 rings (SSSR count). The highest BCUT2D eigenvalue weighted by atomic mass is 32.2. The van der Waals surface area contributed by atoms with E-state index in [1.54, 1.807) is 6.92 Å². The molecule has 1 atom stereocenters. The summed E-state index contributed by atoms with van der Waals surface area (Å²) in [4.78, 5) is 0.994. The molecule has 0 fully saturated rings. The average Bonchev–Trinajstić information content (AvgIpc) is 2.83. The quantitative estimate of drug-likeness (QED) is 0.584. The van der Waals surface area contributed by atoms with Crippen molar-refractivity contribution in [3.05, 3.63) is 10.6 Å². The number of aromatic nitrogens is 2. The fourth-order valence-electron chi connectivity index (χ4n) is 1.89. The second-order valence-electron chi connectivity index (χ2n) is 5.83. The Morgan fingerprint density at radius 3 is 2.55 bits per heavy atom. The van der Waals surface area contributed by atoms with E-state index in [2.05, 4.69) is 35.8 Å². The van der Waals surface area contributed by atoms with Crippen LogP contribution in [0.15, 0.2) is 0 Å². The van der Waals surface area contributed by atoms with Gasteiger partial charge in [0.2, 0.25) is 0 Å². The summed E-state index contributed by atoms with van der Waals surface area (Å²) in [5.74, 6) is 5.99. The Balaban J connectivity index is 2.75. The Morgan fingerprint density at radius 2 is 2.05 bits per heavy atom. The standard InChI is InChI=1S/C12H24N4O2S2/c1-5-20(17,18)8-6-7-9(14-13)10-11(12(2,3)4)15-16-19-10/h9,14H,5-8,13H2,1-4H3. The zero-order valence-corrected chi connectivity index (χ0v) is 14.1. The summed E-state index contributed by atoms with van der Waals surface area (Å²) < 4.78 is 27.0. The number of nitrogens with one attached hydrogen (secondary N) is 1. The molecule has 3 N–H and O–H groups in total. The lowest BCUT2D eigenvalue weighted by Gasteiger charge is -2.21. The van der Waals surface area contributed by atoms with Crippen molar-refractivity contribution in [2.75, 3.05) is 11.5 Å². The first-order chi connectivity index (χ1) is 9.21. The van der Waals surface area contributed by atoms with Crippen molar-refractivity contribution in [2.45, 2.75) is 52.0 Å². The summed E-state index contributed by atoms with van der Waals surface area (Å²) in [6, 6.07) is -0.101. The third-order valence-electron chi connectivity index (χ3n) is 3.13. The van der Waals surface area contributed by atoms with Crippen LogP contribution in [0.3, 0.4) is 0 Å². The fraction of sp³-hybridized carbons (Fsp3) is 0.833. The largest absolute Gasteiger partial charge is 0.271 e. The summed E-state index contributed by atoms with van der Waals surface area (Å²) in [6.45, 7) is 7.88. The van der Waals surface area contributed by atoms with Crippen molar-refractivity contribution in [2.24, 2.45) is 5.84 Å². The molecule has 0 aliphatic rings. The van der Waals surface area contributed by atoms with Gasteiger partial charge in [-0.1, -0.05) is 32.2 Å². The van der Waals surface area contributed by atoms with E-state index in [4.69, 9.17) is 5.84 Å².